The molecular weight excluding hydrogens is 296 g/mol. The number of fused-ring (bicyclic) bond motifs is 1. The lowest BCUT2D eigenvalue weighted by Gasteiger charge is -2.45. The standard InChI is InChI=1S/C22H28O2/c1-22(2)13-12-18(20(15-23)21(22)24-3)11-9-16-8-10-17-6-4-5-7-19(17)14-16/h4-11,14,18,20-21,23H,12-13,15H2,1-3H3/b11-9+/t18-,20+,21-/m1/s1. The molecule has 2 nitrogen and oxygen atoms in total. The molecule has 1 aliphatic carbocycles. The molecule has 1 fully saturated rings. The first kappa shape index (κ1) is 17.2. The average molecular weight is 324 g/mol. The number of allylic oxidation sites excluding steroid dienone is 1. The number of hydrogen-bond acceptors (Lipinski definition) is 2. The van der Waals surface area contributed by atoms with E-state index >= 15 is 0 Å². The summed E-state index contributed by atoms with van der Waals surface area (Å²) >= 11 is 0. The van der Waals surface area contributed by atoms with E-state index in [9.17, 15) is 5.11 Å². The van der Waals surface area contributed by atoms with Gasteiger partial charge in [0.15, 0.2) is 0 Å². The van der Waals surface area contributed by atoms with Gasteiger partial charge in [0, 0.05) is 19.6 Å². The SMILES string of the molecule is CO[C@@H]1[C@@H](CO)[C@H](/C=C/c2ccc3ccccc3c2)CCC1(C)C. The minimum absolute atomic E-state index is 0.0995. The van der Waals surface area contributed by atoms with Crippen molar-refractivity contribution in [2.75, 3.05) is 13.7 Å². The largest absolute Gasteiger partial charge is 0.396 e. The molecule has 128 valence electrons. The number of aliphatic hydroxyl groups excluding tert-OH is 1. The molecule has 2 aromatic carbocycles. The first-order valence-electron chi connectivity index (χ1n) is 8.86. The van der Waals surface area contributed by atoms with Crippen LogP contribution in [0.2, 0.25) is 0 Å². The van der Waals surface area contributed by atoms with Crippen molar-refractivity contribution in [3.8, 4) is 0 Å². The molecule has 1 aliphatic rings. The maximum absolute atomic E-state index is 9.92. The van der Waals surface area contributed by atoms with Crippen LogP contribution in [-0.4, -0.2) is 24.9 Å². The molecule has 0 unspecified atom stereocenters. The van der Waals surface area contributed by atoms with Gasteiger partial charge in [-0.2, -0.15) is 0 Å². The minimum atomic E-state index is 0.0995. The van der Waals surface area contributed by atoms with E-state index in [1.165, 1.54) is 16.3 Å². The summed E-state index contributed by atoms with van der Waals surface area (Å²) < 4.78 is 5.76. The zero-order chi connectivity index (χ0) is 17.2. The van der Waals surface area contributed by atoms with Crippen LogP contribution < -0.4 is 0 Å². The molecule has 0 saturated heterocycles. The van der Waals surface area contributed by atoms with Crippen molar-refractivity contribution < 1.29 is 9.84 Å². The van der Waals surface area contributed by atoms with Gasteiger partial charge in [-0.3, -0.25) is 0 Å². The summed E-state index contributed by atoms with van der Waals surface area (Å²) in [5.74, 6) is 0.523. The van der Waals surface area contributed by atoms with Crippen LogP contribution in [0.4, 0.5) is 0 Å². The fourth-order valence-corrected chi connectivity index (χ4v) is 4.21. The quantitative estimate of drug-likeness (QED) is 0.865. The monoisotopic (exact) mass is 324 g/mol. The molecule has 2 aromatic rings. The first-order valence-corrected chi connectivity index (χ1v) is 8.86. The highest BCUT2D eigenvalue weighted by Gasteiger charge is 2.43. The van der Waals surface area contributed by atoms with Crippen LogP contribution in [0, 0.1) is 17.3 Å². The Hall–Kier alpha value is -1.64. The highest BCUT2D eigenvalue weighted by atomic mass is 16.5. The van der Waals surface area contributed by atoms with E-state index in [0.717, 1.165) is 12.8 Å². The zero-order valence-electron chi connectivity index (χ0n) is 14.9. The molecule has 0 radical (unpaired) electrons. The van der Waals surface area contributed by atoms with Gasteiger partial charge in [0.05, 0.1) is 6.10 Å². The highest BCUT2D eigenvalue weighted by molar-refractivity contribution is 5.84. The molecule has 0 aromatic heterocycles. The first-order chi connectivity index (χ1) is 11.5. The Morgan fingerprint density at radius 1 is 1.17 bits per heavy atom. The van der Waals surface area contributed by atoms with Crippen LogP contribution in [0.3, 0.4) is 0 Å². The maximum atomic E-state index is 9.92. The summed E-state index contributed by atoms with van der Waals surface area (Å²) in [4.78, 5) is 0. The fourth-order valence-electron chi connectivity index (χ4n) is 4.21. The van der Waals surface area contributed by atoms with Crippen molar-refractivity contribution in [2.24, 2.45) is 17.3 Å². The third-order valence-corrected chi connectivity index (χ3v) is 5.61. The molecule has 3 rings (SSSR count). The number of methoxy groups -OCH3 is 1. The molecule has 2 heteroatoms. The average Bonchev–Trinajstić information content (AvgIpc) is 2.59. The second-order valence-electron chi connectivity index (χ2n) is 7.66. The Morgan fingerprint density at radius 3 is 2.62 bits per heavy atom. The maximum Gasteiger partial charge on any atom is 0.0677 e. The Balaban J connectivity index is 1.81. The van der Waals surface area contributed by atoms with Crippen molar-refractivity contribution in [3.05, 3.63) is 54.1 Å². The predicted molar refractivity (Wildman–Crippen MR) is 101 cm³/mol. The molecule has 1 N–H and O–H groups in total. The van der Waals surface area contributed by atoms with Crippen molar-refractivity contribution >= 4 is 16.8 Å². The van der Waals surface area contributed by atoms with Gasteiger partial charge in [-0.15, -0.1) is 0 Å². The topological polar surface area (TPSA) is 29.5 Å². The van der Waals surface area contributed by atoms with Gasteiger partial charge < -0.3 is 9.84 Å². The van der Waals surface area contributed by atoms with Crippen LogP contribution in [-0.2, 0) is 4.74 Å². The lowest BCUT2D eigenvalue weighted by Crippen LogP contribution is -2.46. The van der Waals surface area contributed by atoms with E-state index in [1.54, 1.807) is 7.11 Å². The lowest BCUT2D eigenvalue weighted by molar-refractivity contribution is -0.0911. The highest BCUT2D eigenvalue weighted by Crippen LogP contribution is 2.44. The summed E-state index contributed by atoms with van der Waals surface area (Å²) in [6, 6.07) is 15.0. The molecule has 1 saturated carbocycles. The van der Waals surface area contributed by atoms with E-state index in [4.69, 9.17) is 4.74 Å². The smallest absolute Gasteiger partial charge is 0.0677 e. The van der Waals surface area contributed by atoms with Crippen molar-refractivity contribution in [2.45, 2.75) is 32.8 Å². The minimum Gasteiger partial charge on any atom is -0.396 e. The van der Waals surface area contributed by atoms with Gasteiger partial charge in [0.1, 0.15) is 0 Å². The van der Waals surface area contributed by atoms with E-state index < -0.39 is 0 Å². The summed E-state index contributed by atoms with van der Waals surface area (Å²) in [5.41, 5.74) is 1.33. The zero-order valence-corrected chi connectivity index (χ0v) is 14.9. The molecule has 0 bridgehead atoms. The fraction of sp³-hybridized carbons (Fsp3) is 0.455. The van der Waals surface area contributed by atoms with Gasteiger partial charge in [-0.05, 0) is 46.6 Å². The third-order valence-electron chi connectivity index (χ3n) is 5.61. The molecule has 3 atom stereocenters. The summed E-state index contributed by atoms with van der Waals surface area (Å²) in [5, 5.41) is 12.4. The number of rotatable bonds is 4. The molecule has 0 heterocycles. The Morgan fingerprint density at radius 2 is 1.92 bits per heavy atom. The van der Waals surface area contributed by atoms with Crippen LogP contribution in [0.25, 0.3) is 16.8 Å². The number of ether oxygens (including phenoxy) is 1. The third kappa shape index (κ3) is 3.40. The second-order valence-corrected chi connectivity index (χ2v) is 7.66. The predicted octanol–water partition coefficient (Wildman–Crippen LogP) is 4.91. The van der Waals surface area contributed by atoms with Gasteiger partial charge in [0.2, 0.25) is 0 Å². The van der Waals surface area contributed by atoms with Gasteiger partial charge in [-0.1, -0.05) is 62.4 Å². The molecule has 0 spiro atoms. The molecular formula is C22H28O2. The van der Waals surface area contributed by atoms with Crippen LogP contribution in [0.5, 0.6) is 0 Å². The van der Waals surface area contributed by atoms with Crippen LogP contribution in [0.15, 0.2) is 48.5 Å². The lowest BCUT2D eigenvalue weighted by atomic mass is 9.65. The van der Waals surface area contributed by atoms with Gasteiger partial charge in [0.25, 0.3) is 0 Å². The van der Waals surface area contributed by atoms with E-state index in [1.807, 2.05) is 0 Å². The van der Waals surface area contributed by atoms with Gasteiger partial charge in [-0.25, -0.2) is 0 Å². The molecule has 0 amide bonds. The normalized spacial score (nSPS) is 26.9. The van der Waals surface area contributed by atoms with Crippen LogP contribution in [0.1, 0.15) is 32.3 Å². The number of benzene rings is 2. The summed E-state index contributed by atoms with van der Waals surface area (Å²) in [6.45, 7) is 4.66. The van der Waals surface area contributed by atoms with E-state index in [0.29, 0.717) is 5.92 Å². The summed E-state index contributed by atoms with van der Waals surface area (Å²) in [7, 11) is 1.77. The van der Waals surface area contributed by atoms with Crippen molar-refractivity contribution in [3.63, 3.8) is 0 Å². The van der Waals surface area contributed by atoms with E-state index in [-0.39, 0.29) is 24.0 Å². The Bertz CT molecular complexity index is 717. The number of hydrogen-bond donors (Lipinski definition) is 1. The Kier molecular flexibility index (Phi) is 5.07. The van der Waals surface area contributed by atoms with Gasteiger partial charge >= 0.3 is 0 Å². The molecule has 0 aliphatic heterocycles. The second kappa shape index (κ2) is 7.08. The number of aliphatic hydroxyl groups is 1. The molecule has 24 heavy (non-hydrogen) atoms. The Labute approximate surface area is 145 Å². The van der Waals surface area contributed by atoms with Crippen LogP contribution >= 0.6 is 0 Å². The van der Waals surface area contributed by atoms with E-state index in [2.05, 4.69) is 68.5 Å². The van der Waals surface area contributed by atoms with Crippen molar-refractivity contribution in [1.29, 1.82) is 0 Å². The summed E-state index contributed by atoms with van der Waals surface area (Å²) in [6.07, 6.45) is 6.79. The van der Waals surface area contributed by atoms with Crippen molar-refractivity contribution in [1.82, 2.24) is 0 Å².